The van der Waals surface area contributed by atoms with Gasteiger partial charge in [-0.15, -0.1) is 0 Å². The van der Waals surface area contributed by atoms with Gasteiger partial charge in [-0.25, -0.2) is 4.39 Å². The number of nitrogens with one attached hydrogen (secondary N) is 2. The summed E-state index contributed by atoms with van der Waals surface area (Å²) in [6, 6.07) is 20.1. The molecule has 0 aliphatic rings. The lowest BCUT2D eigenvalue weighted by molar-refractivity contribution is -0.115. The summed E-state index contributed by atoms with van der Waals surface area (Å²) in [5.74, 6) is 0.0557. The van der Waals surface area contributed by atoms with Crippen molar-refractivity contribution in [3.05, 3.63) is 95.3 Å². The first-order chi connectivity index (χ1) is 15.4. The second kappa shape index (κ2) is 10.5. The molecule has 0 heterocycles. The largest absolute Gasteiger partial charge is 0.497 e. The zero-order chi connectivity index (χ0) is 23.1. The van der Waals surface area contributed by atoms with E-state index >= 15 is 0 Å². The van der Waals surface area contributed by atoms with Crippen molar-refractivity contribution in [2.75, 3.05) is 33.1 Å². The Hall–Kier alpha value is -3.71. The molecular weight excluding hydrogens is 409 g/mol. The molecule has 3 aromatic carbocycles. The molecule has 3 rings (SSSR count). The number of carbonyl (C=O) groups is 2. The lowest BCUT2D eigenvalue weighted by atomic mass is 9.98. The first-order valence-corrected chi connectivity index (χ1v) is 10.1. The molecule has 0 aliphatic carbocycles. The first-order valence-electron chi connectivity index (χ1n) is 10.1. The van der Waals surface area contributed by atoms with Crippen LogP contribution in [0.1, 0.15) is 27.5 Å². The zero-order valence-corrected chi connectivity index (χ0v) is 18.3. The summed E-state index contributed by atoms with van der Waals surface area (Å²) < 4.78 is 18.6. The average molecular weight is 435 g/mol. The van der Waals surface area contributed by atoms with Crippen molar-refractivity contribution >= 4 is 17.5 Å². The normalized spacial score (nSPS) is 11.5. The van der Waals surface area contributed by atoms with Crippen LogP contribution >= 0.6 is 0 Å². The molecule has 166 valence electrons. The van der Waals surface area contributed by atoms with Crippen LogP contribution in [0.3, 0.4) is 0 Å². The highest BCUT2D eigenvalue weighted by atomic mass is 19.1. The molecule has 0 fully saturated rings. The van der Waals surface area contributed by atoms with Gasteiger partial charge in [-0.05, 0) is 59.7 Å². The molecule has 2 N–H and O–H groups in total. The van der Waals surface area contributed by atoms with Crippen molar-refractivity contribution in [3.8, 4) is 5.75 Å². The predicted octanol–water partition coefficient (Wildman–Crippen LogP) is 3.85. The maximum Gasteiger partial charge on any atom is 0.253 e. The van der Waals surface area contributed by atoms with Crippen LogP contribution in [0, 0.1) is 5.82 Å². The topological polar surface area (TPSA) is 70.7 Å². The standard InChI is InChI=1S/C25H26FN3O3/c1-29(2)25(31)19-6-12-21(13-7-19)28-23(30)16-27-24(17-4-10-20(26)11-5-17)18-8-14-22(32-3)15-9-18/h4-15,24,27H,16H2,1-3H3,(H,28,30). The van der Waals surface area contributed by atoms with E-state index in [0.29, 0.717) is 11.3 Å². The number of hydrogen-bond donors (Lipinski definition) is 2. The number of nitrogens with zero attached hydrogens (tertiary/aromatic N) is 1. The molecule has 6 nitrogen and oxygen atoms in total. The van der Waals surface area contributed by atoms with Gasteiger partial charge in [0.15, 0.2) is 0 Å². The molecule has 0 saturated heterocycles. The maximum absolute atomic E-state index is 13.4. The fourth-order valence-electron chi connectivity index (χ4n) is 3.23. The lowest BCUT2D eigenvalue weighted by Gasteiger charge is -2.20. The third kappa shape index (κ3) is 5.92. The van der Waals surface area contributed by atoms with Gasteiger partial charge in [0.05, 0.1) is 19.7 Å². The minimum atomic E-state index is -0.323. The minimum absolute atomic E-state index is 0.0342. The van der Waals surface area contributed by atoms with Gasteiger partial charge in [-0.1, -0.05) is 24.3 Å². The van der Waals surface area contributed by atoms with Gasteiger partial charge >= 0.3 is 0 Å². The highest BCUT2D eigenvalue weighted by Gasteiger charge is 2.16. The van der Waals surface area contributed by atoms with Crippen molar-refractivity contribution in [2.24, 2.45) is 0 Å². The van der Waals surface area contributed by atoms with E-state index in [0.717, 1.165) is 16.9 Å². The summed E-state index contributed by atoms with van der Waals surface area (Å²) in [6.45, 7) is 0.0342. The van der Waals surface area contributed by atoms with Crippen LogP contribution in [-0.4, -0.2) is 44.5 Å². The molecule has 0 bridgehead atoms. The molecule has 7 heteroatoms. The van der Waals surface area contributed by atoms with Crippen molar-refractivity contribution in [1.29, 1.82) is 0 Å². The molecule has 1 unspecified atom stereocenters. The van der Waals surface area contributed by atoms with Gasteiger partial charge in [0, 0.05) is 25.3 Å². The van der Waals surface area contributed by atoms with E-state index < -0.39 is 0 Å². The van der Waals surface area contributed by atoms with Crippen molar-refractivity contribution < 1.29 is 18.7 Å². The summed E-state index contributed by atoms with van der Waals surface area (Å²) in [4.78, 5) is 26.0. The van der Waals surface area contributed by atoms with Crippen LogP contribution in [0.15, 0.2) is 72.8 Å². The highest BCUT2D eigenvalue weighted by molar-refractivity contribution is 5.96. The Balaban J connectivity index is 1.69. The number of halogens is 1. The molecule has 0 spiro atoms. The Bertz CT molecular complexity index is 1050. The van der Waals surface area contributed by atoms with Gasteiger partial charge in [0.25, 0.3) is 5.91 Å². The second-order valence-corrected chi connectivity index (χ2v) is 7.46. The highest BCUT2D eigenvalue weighted by Crippen LogP contribution is 2.24. The molecule has 0 saturated carbocycles. The predicted molar refractivity (Wildman–Crippen MR) is 122 cm³/mol. The molecule has 2 amide bonds. The third-order valence-corrected chi connectivity index (χ3v) is 4.94. The van der Waals surface area contributed by atoms with E-state index in [1.165, 1.54) is 17.0 Å². The number of benzene rings is 3. The van der Waals surface area contributed by atoms with Crippen LogP contribution in [0.5, 0.6) is 5.75 Å². The third-order valence-electron chi connectivity index (χ3n) is 4.94. The van der Waals surface area contributed by atoms with Gasteiger partial charge in [-0.3, -0.25) is 14.9 Å². The lowest BCUT2D eigenvalue weighted by Crippen LogP contribution is -2.32. The maximum atomic E-state index is 13.4. The molecular formula is C25H26FN3O3. The molecule has 0 radical (unpaired) electrons. The summed E-state index contributed by atoms with van der Waals surface area (Å²) in [6.07, 6.45) is 0. The zero-order valence-electron chi connectivity index (χ0n) is 18.3. The number of anilines is 1. The number of methoxy groups -OCH3 is 1. The van der Waals surface area contributed by atoms with Crippen molar-refractivity contribution in [3.63, 3.8) is 0 Å². The Labute approximate surface area is 187 Å². The van der Waals surface area contributed by atoms with E-state index in [2.05, 4.69) is 10.6 Å². The Morgan fingerprint density at radius 1 is 0.906 bits per heavy atom. The van der Waals surface area contributed by atoms with E-state index in [9.17, 15) is 14.0 Å². The number of amides is 2. The quantitative estimate of drug-likeness (QED) is 0.564. The number of carbonyl (C=O) groups excluding carboxylic acids is 2. The van der Waals surface area contributed by atoms with Gasteiger partial charge < -0.3 is 15.0 Å². The van der Waals surface area contributed by atoms with Crippen LogP contribution in [0.25, 0.3) is 0 Å². The van der Waals surface area contributed by atoms with Crippen LogP contribution < -0.4 is 15.4 Å². The van der Waals surface area contributed by atoms with E-state index in [1.54, 1.807) is 57.6 Å². The Morgan fingerprint density at radius 3 is 2.00 bits per heavy atom. The fourth-order valence-corrected chi connectivity index (χ4v) is 3.23. The van der Waals surface area contributed by atoms with Crippen LogP contribution in [0.4, 0.5) is 10.1 Å². The minimum Gasteiger partial charge on any atom is -0.497 e. The average Bonchev–Trinajstić information content (AvgIpc) is 2.80. The van der Waals surface area contributed by atoms with Gasteiger partial charge in [0.2, 0.25) is 5.91 Å². The molecule has 3 aromatic rings. The number of ether oxygens (including phenoxy) is 1. The summed E-state index contributed by atoms with van der Waals surface area (Å²) in [5, 5.41) is 6.05. The van der Waals surface area contributed by atoms with E-state index in [-0.39, 0.29) is 30.2 Å². The molecule has 0 aromatic heterocycles. The number of rotatable bonds is 8. The summed E-state index contributed by atoms with van der Waals surface area (Å²) >= 11 is 0. The van der Waals surface area contributed by atoms with Crippen molar-refractivity contribution in [1.82, 2.24) is 10.2 Å². The monoisotopic (exact) mass is 435 g/mol. The van der Waals surface area contributed by atoms with E-state index in [4.69, 9.17) is 4.74 Å². The van der Waals surface area contributed by atoms with Crippen molar-refractivity contribution in [2.45, 2.75) is 6.04 Å². The van der Waals surface area contributed by atoms with Gasteiger partial charge in [0.1, 0.15) is 11.6 Å². The second-order valence-electron chi connectivity index (χ2n) is 7.46. The Kier molecular flexibility index (Phi) is 7.57. The van der Waals surface area contributed by atoms with Crippen LogP contribution in [0.2, 0.25) is 0 Å². The molecule has 0 aliphatic heterocycles. The van der Waals surface area contributed by atoms with Gasteiger partial charge in [-0.2, -0.15) is 0 Å². The summed E-state index contributed by atoms with van der Waals surface area (Å²) in [5.41, 5.74) is 2.88. The summed E-state index contributed by atoms with van der Waals surface area (Å²) in [7, 11) is 4.96. The SMILES string of the molecule is COc1ccc(C(NCC(=O)Nc2ccc(C(=O)N(C)C)cc2)c2ccc(F)cc2)cc1. The number of hydrogen-bond acceptors (Lipinski definition) is 4. The smallest absolute Gasteiger partial charge is 0.253 e. The van der Waals surface area contributed by atoms with E-state index in [1.807, 2.05) is 24.3 Å². The first kappa shape index (κ1) is 23.0. The molecule has 1 atom stereocenters. The van der Waals surface area contributed by atoms with Crippen LogP contribution in [-0.2, 0) is 4.79 Å². The molecule has 32 heavy (non-hydrogen) atoms. The Morgan fingerprint density at radius 2 is 1.47 bits per heavy atom. The fraction of sp³-hybridized carbons (Fsp3) is 0.200.